The van der Waals surface area contributed by atoms with Gasteiger partial charge in [-0.2, -0.15) is 5.10 Å². The molecule has 49 heavy (non-hydrogen) atoms. The molecular formula is C32H37N6O10P. The van der Waals surface area contributed by atoms with Crippen molar-refractivity contribution in [2.24, 2.45) is 0 Å². The molecule has 16 nitrogen and oxygen atoms in total. The summed E-state index contributed by atoms with van der Waals surface area (Å²) in [5.41, 5.74) is 2.67. The number of ether oxygens (including phenoxy) is 2. The number of carbonyl (C=O) groups excluding carboxylic acids is 4. The number of benzene rings is 2. The van der Waals surface area contributed by atoms with Crippen molar-refractivity contribution >= 4 is 48.7 Å². The van der Waals surface area contributed by atoms with Crippen LogP contribution in [0.5, 0.6) is 5.75 Å². The quantitative estimate of drug-likeness (QED) is 0.0834. The van der Waals surface area contributed by atoms with Crippen molar-refractivity contribution in [3.05, 3.63) is 82.8 Å². The average molecular weight is 697 g/mol. The van der Waals surface area contributed by atoms with E-state index >= 15 is 0 Å². The van der Waals surface area contributed by atoms with E-state index in [1.54, 1.807) is 26.0 Å². The van der Waals surface area contributed by atoms with E-state index in [0.717, 1.165) is 17.7 Å². The Morgan fingerprint density at radius 1 is 0.939 bits per heavy atom. The zero-order valence-corrected chi connectivity index (χ0v) is 28.2. The van der Waals surface area contributed by atoms with Crippen LogP contribution in [0.15, 0.2) is 55.0 Å². The van der Waals surface area contributed by atoms with Gasteiger partial charge in [0.1, 0.15) is 17.6 Å². The van der Waals surface area contributed by atoms with E-state index in [1.807, 2.05) is 13.8 Å². The Labute approximate surface area is 281 Å². The number of carbonyl (C=O) groups is 4. The van der Waals surface area contributed by atoms with Crippen LogP contribution in [0.25, 0.3) is 5.52 Å². The van der Waals surface area contributed by atoms with Gasteiger partial charge in [-0.25, -0.2) is 23.8 Å². The van der Waals surface area contributed by atoms with Gasteiger partial charge in [-0.1, -0.05) is 32.0 Å². The molecule has 4 aromatic rings. The maximum absolute atomic E-state index is 13.9. The highest BCUT2D eigenvalue weighted by molar-refractivity contribution is 7.46. The molecule has 0 fully saturated rings. The maximum Gasteiger partial charge on any atom is 0.524 e. The lowest BCUT2D eigenvalue weighted by atomic mass is 10.1. The fourth-order valence-corrected chi connectivity index (χ4v) is 5.13. The van der Waals surface area contributed by atoms with Gasteiger partial charge < -0.3 is 24.6 Å². The van der Waals surface area contributed by atoms with Gasteiger partial charge in [0, 0.05) is 24.8 Å². The number of anilines is 2. The molecule has 17 heteroatoms. The molecule has 0 aliphatic heterocycles. The number of rotatable bonds is 14. The van der Waals surface area contributed by atoms with Crippen molar-refractivity contribution < 1.29 is 47.5 Å². The fraction of sp³-hybridized carbons (Fsp3) is 0.312. The van der Waals surface area contributed by atoms with Gasteiger partial charge in [0.05, 0.1) is 17.7 Å². The molecule has 0 saturated carbocycles. The fourth-order valence-electron chi connectivity index (χ4n) is 4.73. The molecule has 0 bridgehead atoms. The Morgan fingerprint density at radius 3 is 2.27 bits per heavy atom. The Hall–Kier alpha value is -5.31. The molecule has 3 amide bonds. The Balaban J connectivity index is 1.63. The first-order valence-electron chi connectivity index (χ1n) is 15.3. The lowest BCUT2D eigenvalue weighted by Gasteiger charge is -2.24. The third kappa shape index (κ3) is 9.41. The number of amides is 3. The number of hydrogen-bond donors (Lipinski definition) is 4. The smallest absolute Gasteiger partial charge is 0.428 e. The lowest BCUT2D eigenvalue weighted by molar-refractivity contribution is -0.150. The predicted molar refractivity (Wildman–Crippen MR) is 177 cm³/mol. The highest BCUT2D eigenvalue weighted by Crippen LogP contribution is 2.37. The molecule has 0 unspecified atom stereocenters. The summed E-state index contributed by atoms with van der Waals surface area (Å²) in [7, 11) is -4.74. The van der Waals surface area contributed by atoms with E-state index in [0.29, 0.717) is 40.9 Å². The van der Waals surface area contributed by atoms with Crippen LogP contribution in [0.3, 0.4) is 0 Å². The minimum Gasteiger partial charge on any atom is -0.428 e. The number of aromatic nitrogens is 3. The van der Waals surface area contributed by atoms with Gasteiger partial charge in [0.2, 0.25) is 6.79 Å². The Morgan fingerprint density at radius 2 is 1.61 bits per heavy atom. The van der Waals surface area contributed by atoms with E-state index < -0.39 is 26.7 Å². The van der Waals surface area contributed by atoms with Crippen LogP contribution in [0.2, 0.25) is 0 Å². The second kappa shape index (κ2) is 16.2. The van der Waals surface area contributed by atoms with E-state index in [2.05, 4.69) is 25.2 Å². The minimum absolute atomic E-state index is 0.0465. The van der Waals surface area contributed by atoms with Gasteiger partial charge in [0.25, 0.3) is 11.8 Å². The summed E-state index contributed by atoms with van der Waals surface area (Å²) in [6, 6.07) is 10.2. The molecule has 0 saturated heterocycles. The van der Waals surface area contributed by atoms with Crippen LogP contribution in [0.1, 0.15) is 64.1 Å². The van der Waals surface area contributed by atoms with Crippen molar-refractivity contribution in [2.75, 3.05) is 24.8 Å². The van der Waals surface area contributed by atoms with Crippen LogP contribution in [-0.4, -0.2) is 68.1 Å². The standard InChI is InChI=1S/C32H37N6O10P/c1-5-13-33-30(40)23-10-7-20(3)26(16-23)38(29-28-21(4)25(31(41)34-14-6-2)17-37(28)36-18-35-29)32(42)47-19-46-27(39)15-22-8-11-24(12-9-22)48-49(43,44)45/h7-12,16-18H,5-6,13-15,19H2,1-4H3,(H,33,40)(H,34,41)(H2,43,44,45). The molecule has 0 atom stereocenters. The maximum atomic E-state index is 13.9. The van der Waals surface area contributed by atoms with E-state index in [-0.39, 0.29) is 41.1 Å². The minimum atomic E-state index is -4.74. The zero-order valence-electron chi connectivity index (χ0n) is 27.3. The molecule has 4 N–H and O–H groups in total. The van der Waals surface area contributed by atoms with Gasteiger partial charge in [-0.15, -0.1) is 0 Å². The van der Waals surface area contributed by atoms with E-state index in [1.165, 1.54) is 47.4 Å². The summed E-state index contributed by atoms with van der Waals surface area (Å²) in [5, 5.41) is 9.88. The number of hydrogen-bond acceptors (Lipinski definition) is 10. The van der Waals surface area contributed by atoms with Crippen LogP contribution in [0, 0.1) is 13.8 Å². The summed E-state index contributed by atoms with van der Waals surface area (Å²) >= 11 is 0. The van der Waals surface area contributed by atoms with Crippen molar-refractivity contribution in [1.82, 2.24) is 25.2 Å². The highest BCUT2D eigenvalue weighted by Gasteiger charge is 2.29. The summed E-state index contributed by atoms with van der Waals surface area (Å²) in [4.78, 5) is 75.6. The molecular weight excluding hydrogens is 659 g/mol. The number of phosphoric ester groups is 1. The van der Waals surface area contributed by atoms with Gasteiger partial charge in [-0.05, 0) is 67.6 Å². The van der Waals surface area contributed by atoms with Gasteiger partial charge >= 0.3 is 19.9 Å². The number of nitrogens with one attached hydrogen (secondary N) is 2. The van der Waals surface area contributed by atoms with Gasteiger partial charge in [0.15, 0.2) is 5.82 Å². The normalized spacial score (nSPS) is 11.1. The molecule has 2 heterocycles. The summed E-state index contributed by atoms with van der Waals surface area (Å²) in [6.45, 7) is 7.40. The van der Waals surface area contributed by atoms with E-state index in [4.69, 9.17) is 19.3 Å². The highest BCUT2D eigenvalue weighted by atomic mass is 31.2. The largest absolute Gasteiger partial charge is 0.524 e. The monoisotopic (exact) mass is 696 g/mol. The molecule has 0 aliphatic rings. The number of phosphoric acid groups is 1. The third-order valence-corrected chi connectivity index (χ3v) is 7.58. The first-order chi connectivity index (χ1) is 23.3. The van der Waals surface area contributed by atoms with Gasteiger partial charge in [-0.3, -0.25) is 24.2 Å². The third-order valence-electron chi connectivity index (χ3n) is 7.13. The first-order valence-corrected chi connectivity index (χ1v) is 16.8. The zero-order chi connectivity index (χ0) is 35.7. The number of nitrogens with zero attached hydrogens (tertiary/aromatic N) is 4. The number of fused-ring (bicyclic) bond motifs is 1. The second-order valence-electron chi connectivity index (χ2n) is 10.8. The number of aryl methyl sites for hydroxylation is 2. The average Bonchev–Trinajstić information content (AvgIpc) is 3.40. The molecule has 260 valence electrons. The van der Waals surface area contributed by atoms with Crippen molar-refractivity contribution in [2.45, 2.75) is 47.0 Å². The van der Waals surface area contributed by atoms with Crippen molar-refractivity contribution in [3.8, 4) is 5.75 Å². The molecule has 0 spiro atoms. The summed E-state index contributed by atoms with van der Waals surface area (Å²) < 4.78 is 27.5. The Kier molecular flexibility index (Phi) is 12.1. The number of esters is 1. The lowest BCUT2D eigenvalue weighted by Crippen LogP contribution is -2.31. The van der Waals surface area contributed by atoms with Crippen LogP contribution in [-0.2, 0) is 25.3 Å². The van der Waals surface area contributed by atoms with Crippen LogP contribution in [0.4, 0.5) is 16.3 Å². The molecule has 0 aliphatic carbocycles. The SMILES string of the molecule is CCCNC(=O)c1ccc(C)c(N(C(=O)OCOC(=O)Cc2ccc(OP(=O)(O)O)cc2)c2ncnn3cc(C(=O)NCCC)c(C)c23)c1. The summed E-state index contributed by atoms with van der Waals surface area (Å²) in [6.07, 6.45) is 2.94. The molecule has 2 aromatic heterocycles. The Bertz CT molecular complexity index is 1890. The predicted octanol–water partition coefficient (Wildman–Crippen LogP) is 4.12. The second-order valence-corrected chi connectivity index (χ2v) is 12.0. The van der Waals surface area contributed by atoms with Crippen molar-refractivity contribution in [3.63, 3.8) is 0 Å². The molecule has 4 rings (SSSR count). The first kappa shape index (κ1) is 36.5. The van der Waals surface area contributed by atoms with Crippen LogP contribution >= 0.6 is 7.82 Å². The van der Waals surface area contributed by atoms with E-state index in [9.17, 15) is 23.7 Å². The molecule has 0 radical (unpaired) electrons. The molecule has 2 aromatic carbocycles. The van der Waals surface area contributed by atoms with Crippen LogP contribution < -0.4 is 20.1 Å². The topological polar surface area (TPSA) is 211 Å². The summed E-state index contributed by atoms with van der Waals surface area (Å²) in [5.74, 6) is -1.49. The van der Waals surface area contributed by atoms with Crippen molar-refractivity contribution in [1.29, 1.82) is 0 Å².